The van der Waals surface area contributed by atoms with Crippen LogP contribution in [0.15, 0.2) is 102 Å². The number of piperazine rings is 1. The van der Waals surface area contributed by atoms with Crippen molar-refractivity contribution in [2.75, 3.05) is 50.8 Å². The Hall–Kier alpha value is -3.49. The van der Waals surface area contributed by atoms with E-state index in [0.717, 1.165) is 55.5 Å². The molecule has 1 atom stereocenters. The van der Waals surface area contributed by atoms with Crippen molar-refractivity contribution >= 4 is 46.7 Å². The summed E-state index contributed by atoms with van der Waals surface area (Å²) >= 11 is 1.79. The second-order valence-electron chi connectivity index (χ2n) is 13.0. The molecular formula is C38H45N3O2SSi. The van der Waals surface area contributed by atoms with E-state index in [2.05, 4.69) is 140 Å². The number of likely N-dealkylation sites (N-methyl/N-ethyl adjacent to an activating group) is 1. The van der Waals surface area contributed by atoms with Crippen LogP contribution < -0.4 is 20.0 Å². The molecule has 0 spiro atoms. The monoisotopic (exact) mass is 635 g/mol. The van der Waals surface area contributed by atoms with Gasteiger partial charge in [-0.1, -0.05) is 88.4 Å². The fraction of sp³-hybridized carbons (Fsp3) is 0.342. The average molecular weight is 636 g/mol. The fourth-order valence-electron chi connectivity index (χ4n) is 5.93. The third-order valence-electron chi connectivity index (χ3n) is 9.04. The lowest BCUT2D eigenvalue weighted by Gasteiger charge is -2.35. The van der Waals surface area contributed by atoms with Crippen LogP contribution in [0.3, 0.4) is 0 Å². The highest BCUT2D eigenvalue weighted by molar-refractivity contribution is 7.17. The van der Waals surface area contributed by atoms with Crippen molar-refractivity contribution in [3.8, 4) is 17.0 Å². The van der Waals surface area contributed by atoms with Crippen molar-refractivity contribution in [3.63, 3.8) is 0 Å². The quantitative estimate of drug-likeness (QED) is 0.151. The summed E-state index contributed by atoms with van der Waals surface area (Å²) in [7, 11) is -1.82. The summed E-state index contributed by atoms with van der Waals surface area (Å²) in [6.45, 7) is 15.6. The molecule has 0 aliphatic carbocycles. The highest BCUT2D eigenvalue weighted by atomic mass is 32.1. The van der Waals surface area contributed by atoms with Crippen LogP contribution in [-0.2, 0) is 4.43 Å². The van der Waals surface area contributed by atoms with Crippen LogP contribution in [0.2, 0.25) is 0 Å². The summed E-state index contributed by atoms with van der Waals surface area (Å²) in [5.74, 6) is 2.22. The number of nitrogens with zero attached hydrogens (tertiary/aromatic N) is 3. The van der Waals surface area contributed by atoms with E-state index >= 15 is 0 Å². The smallest absolute Gasteiger partial charge is 0.239 e. The molecule has 0 amide bonds. The molecule has 0 radical (unpaired) electrons. The lowest BCUT2D eigenvalue weighted by atomic mass is 9.82. The molecule has 1 saturated heterocycles. The molecule has 45 heavy (non-hydrogen) atoms. The van der Waals surface area contributed by atoms with E-state index in [1.165, 1.54) is 20.5 Å². The molecule has 5 aromatic rings. The predicted octanol–water partition coefficient (Wildman–Crippen LogP) is 6.70. The Balaban J connectivity index is 1.14. The number of hydrogen-bond acceptors (Lipinski definition) is 6. The average Bonchev–Trinajstić information content (AvgIpc) is 3.55. The number of pyridine rings is 1. The van der Waals surface area contributed by atoms with Crippen LogP contribution in [-0.4, -0.2) is 64.9 Å². The molecule has 0 N–H and O–H groups in total. The molecule has 1 aliphatic heterocycles. The normalized spacial score (nSPS) is 15.1. The van der Waals surface area contributed by atoms with Crippen molar-refractivity contribution in [2.24, 2.45) is 11.3 Å². The number of aromatic nitrogens is 1. The van der Waals surface area contributed by atoms with Crippen molar-refractivity contribution in [1.82, 2.24) is 9.88 Å². The molecule has 1 fully saturated rings. The second-order valence-corrected chi connectivity index (χ2v) is 16.4. The molecule has 0 saturated carbocycles. The lowest BCUT2D eigenvalue weighted by Crippen LogP contribution is -2.47. The molecule has 5 nitrogen and oxygen atoms in total. The van der Waals surface area contributed by atoms with Gasteiger partial charge in [-0.25, -0.2) is 4.98 Å². The Morgan fingerprint density at radius 3 is 2.07 bits per heavy atom. The minimum atomic E-state index is -1.82. The van der Waals surface area contributed by atoms with Gasteiger partial charge < -0.3 is 19.0 Å². The van der Waals surface area contributed by atoms with Gasteiger partial charge in [-0.05, 0) is 64.1 Å². The molecule has 7 heteroatoms. The van der Waals surface area contributed by atoms with E-state index in [4.69, 9.17) is 14.1 Å². The summed E-state index contributed by atoms with van der Waals surface area (Å²) in [5, 5.41) is 6.04. The summed E-state index contributed by atoms with van der Waals surface area (Å²) in [5.41, 5.74) is 2.16. The fourth-order valence-corrected chi connectivity index (χ4v) is 9.09. The molecule has 0 bridgehead atoms. The van der Waals surface area contributed by atoms with Crippen LogP contribution >= 0.6 is 11.3 Å². The van der Waals surface area contributed by atoms with Crippen LogP contribution in [0.25, 0.3) is 21.3 Å². The van der Waals surface area contributed by atoms with Gasteiger partial charge >= 0.3 is 0 Å². The largest absolute Gasteiger partial charge is 0.493 e. The van der Waals surface area contributed by atoms with Gasteiger partial charge in [0.15, 0.2) is 0 Å². The summed E-state index contributed by atoms with van der Waals surface area (Å²) in [4.78, 5) is 10.2. The Bertz CT molecular complexity index is 1610. The second kappa shape index (κ2) is 14.3. The third-order valence-corrected chi connectivity index (χ3v) is 12.4. The Morgan fingerprint density at radius 2 is 1.47 bits per heavy atom. The molecule has 2 aromatic heterocycles. The summed E-state index contributed by atoms with van der Waals surface area (Å²) in [6, 6.07) is 34.3. The number of anilines is 1. The first kappa shape index (κ1) is 31.5. The molecule has 3 aromatic carbocycles. The van der Waals surface area contributed by atoms with E-state index in [9.17, 15) is 0 Å². The van der Waals surface area contributed by atoms with Gasteiger partial charge in [-0.2, -0.15) is 0 Å². The first-order valence-corrected chi connectivity index (χ1v) is 18.7. The van der Waals surface area contributed by atoms with Crippen LogP contribution in [0, 0.1) is 11.3 Å². The summed E-state index contributed by atoms with van der Waals surface area (Å²) in [6.07, 6.45) is 0. The van der Waals surface area contributed by atoms with E-state index in [1.54, 1.807) is 11.3 Å². The molecule has 1 aliphatic rings. The van der Waals surface area contributed by atoms with E-state index < -0.39 is 9.04 Å². The zero-order valence-electron chi connectivity index (χ0n) is 27.0. The minimum Gasteiger partial charge on any atom is -0.493 e. The first-order valence-electron chi connectivity index (χ1n) is 16.2. The number of benzene rings is 3. The molecule has 6 rings (SSSR count). The van der Waals surface area contributed by atoms with Gasteiger partial charge in [0, 0.05) is 54.4 Å². The van der Waals surface area contributed by atoms with Crippen molar-refractivity contribution in [3.05, 3.63) is 102 Å². The maximum Gasteiger partial charge on any atom is 0.239 e. The molecule has 234 valence electrons. The minimum absolute atomic E-state index is 0.0331. The van der Waals surface area contributed by atoms with Gasteiger partial charge in [-0.3, -0.25) is 0 Å². The highest BCUT2D eigenvalue weighted by Gasteiger charge is 2.28. The molecule has 1 unspecified atom stereocenters. The van der Waals surface area contributed by atoms with E-state index in [1.807, 2.05) is 0 Å². The Morgan fingerprint density at radius 1 is 0.822 bits per heavy atom. The maximum atomic E-state index is 6.82. The molecular weight excluding hydrogens is 591 g/mol. The van der Waals surface area contributed by atoms with Crippen LogP contribution in [0.5, 0.6) is 5.75 Å². The lowest BCUT2D eigenvalue weighted by molar-refractivity contribution is 0.0934. The van der Waals surface area contributed by atoms with Crippen molar-refractivity contribution in [1.29, 1.82) is 0 Å². The number of hydrogen-bond donors (Lipinski definition) is 0. The Labute approximate surface area is 274 Å². The van der Waals surface area contributed by atoms with Gasteiger partial charge in [0.25, 0.3) is 0 Å². The highest BCUT2D eigenvalue weighted by Crippen LogP contribution is 2.34. The number of rotatable bonds is 11. The third kappa shape index (κ3) is 7.67. The van der Waals surface area contributed by atoms with Crippen LogP contribution in [0.1, 0.15) is 27.7 Å². The number of ether oxygens (including phenoxy) is 1. The topological polar surface area (TPSA) is 37.8 Å². The number of thiophene rings is 1. The SMILES string of the molecule is CCN1CCN(c2nc(-c3ccc(OCC(CO[SiH](c4ccccc4)c4ccccc4)C(C)(C)C)cc3)cc3sccc23)CC1. The first-order chi connectivity index (χ1) is 21.9. The molecule has 3 heterocycles. The summed E-state index contributed by atoms with van der Waals surface area (Å²) < 4.78 is 14.5. The van der Waals surface area contributed by atoms with Crippen molar-refractivity contribution in [2.45, 2.75) is 27.7 Å². The zero-order valence-corrected chi connectivity index (χ0v) is 29.0. The van der Waals surface area contributed by atoms with Crippen LogP contribution in [0.4, 0.5) is 5.82 Å². The zero-order chi connectivity index (χ0) is 31.2. The van der Waals surface area contributed by atoms with Gasteiger partial charge in [-0.15, -0.1) is 11.3 Å². The maximum absolute atomic E-state index is 6.82. The standard InChI is InChI=1S/C38H45N3O2SSi/c1-5-40-21-23-41(24-22-40)37-34-20-25-44-36(34)26-35(39-37)29-16-18-31(19-17-29)42-27-30(38(2,3)4)28-43-45(32-12-8-6-9-13-32)33-14-10-7-11-15-33/h6-20,25-26,30,45H,5,21-24,27-28H2,1-4H3. The van der Waals surface area contributed by atoms with E-state index in [0.29, 0.717) is 13.2 Å². The number of fused-ring (bicyclic) bond motifs is 1. The van der Waals surface area contributed by atoms with Gasteiger partial charge in [0.05, 0.1) is 12.3 Å². The van der Waals surface area contributed by atoms with Gasteiger partial charge in [0.1, 0.15) is 11.6 Å². The van der Waals surface area contributed by atoms with Crippen molar-refractivity contribution < 1.29 is 9.16 Å². The van der Waals surface area contributed by atoms with E-state index in [-0.39, 0.29) is 11.3 Å². The Kier molecular flexibility index (Phi) is 10.0. The van der Waals surface area contributed by atoms with Gasteiger partial charge in [0.2, 0.25) is 9.04 Å². The predicted molar refractivity (Wildman–Crippen MR) is 193 cm³/mol.